The fourth-order valence-electron chi connectivity index (χ4n) is 3.90. The Morgan fingerprint density at radius 1 is 0.485 bits per heavy atom. The van der Waals surface area contributed by atoms with Crippen LogP contribution in [0.4, 0.5) is 23.0 Å². The number of pyridine rings is 4. The van der Waals surface area contributed by atoms with Crippen molar-refractivity contribution in [1.82, 2.24) is 19.9 Å². The summed E-state index contributed by atoms with van der Waals surface area (Å²) in [5, 5.41) is 0. The van der Waals surface area contributed by atoms with Gasteiger partial charge in [0.1, 0.15) is 11.6 Å². The molecule has 5 heterocycles. The number of rotatable bonds is 4. The van der Waals surface area contributed by atoms with Crippen LogP contribution in [0, 0.1) is 0 Å². The Hall–Kier alpha value is -4.52. The Morgan fingerprint density at radius 3 is 1.36 bits per heavy atom. The lowest BCUT2D eigenvalue weighted by Crippen LogP contribution is -2.29. The van der Waals surface area contributed by atoms with E-state index in [1.165, 1.54) is 0 Å². The Morgan fingerprint density at radius 2 is 0.970 bits per heavy atom. The highest BCUT2D eigenvalue weighted by molar-refractivity contribution is 6.54. The second-order valence-corrected chi connectivity index (χ2v) is 7.58. The van der Waals surface area contributed by atoms with Crippen LogP contribution in [0.15, 0.2) is 110 Å². The van der Waals surface area contributed by atoms with Crippen LogP contribution in [-0.2, 0) is 0 Å². The quantitative estimate of drug-likeness (QED) is 0.358. The summed E-state index contributed by atoms with van der Waals surface area (Å²) in [5.41, 5.74) is 5.87. The first-order valence-corrected chi connectivity index (χ1v) is 10.6. The summed E-state index contributed by atoms with van der Waals surface area (Å²) in [5.74, 6) is 1.66. The van der Waals surface area contributed by atoms with Crippen molar-refractivity contribution in [2.45, 2.75) is 0 Å². The van der Waals surface area contributed by atoms with E-state index in [-0.39, 0.29) is 0 Å². The highest BCUT2D eigenvalue weighted by Gasteiger charge is 2.31. The average Bonchev–Trinajstić information content (AvgIpc) is 3.30. The van der Waals surface area contributed by atoms with Crippen LogP contribution in [0.3, 0.4) is 0 Å². The van der Waals surface area contributed by atoms with Gasteiger partial charge < -0.3 is 9.62 Å². The molecule has 1 radical (unpaired) electrons. The fraction of sp³-hybridized carbons (Fsp3) is 0. The van der Waals surface area contributed by atoms with Crippen molar-refractivity contribution >= 4 is 30.6 Å². The SMILES string of the molecule is [B]1N(c2ccc(-c3ccccn3)cn2)c2ccccc2N1c1ccc(-c2ccccn2)cn1. The van der Waals surface area contributed by atoms with Crippen LogP contribution >= 0.6 is 0 Å². The molecule has 0 aliphatic carbocycles. The van der Waals surface area contributed by atoms with E-state index in [2.05, 4.69) is 31.7 Å². The van der Waals surface area contributed by atoms with E-state index in [1.54, 1.807) is 12.4 Å². The van der Waals surface area contributed by atoms with Gasteiger partial charge in [0.15, 0.2) is 0 Å². The largest absolute Gasteiger partial charge is 0.403 e. The zero-order chi connectivity index (χ0) is 22.0. The van der Waals surface area contributed by atoms with Crippen LogP contribution in [0.5, 0.6) is 0 Å². The molecule has 1 aliphatic heterocycles. The van der Waals surface area contributed by atoms with Crippen LogP contribution in [-0.4, -0.2) is 27.5 Å². The average molecular weight is 425 g/mol. The van der Waals surface area contributed by atoms with Crippen LogP contribution in [0.2, 0.25) is 0 Å². The molecule has 0 saturated heterocycles. The summed E-state index contributed by atoms with van der Waals surface area (Å²) in [7, 11) is 2.02. The van der Waals surface area contributed by atoms with Crippen molar-refractivity contribution < 1.29 is 0 Å². The van der Waals surface area contributed by atoms with Gasteiger partial charge in [-0.25, -0.2) is 9.97 Å². The molecule has 0 amide bonds. The van der Waals surface area contributed by atoms with Crippen molar-refractivity contribution in [2.24, 2.45) is 0 Å². The van der Waals surface area contributed by atoms with Gasteiger partial charge in [-0.1, -0.05) is 24.3 Å². The predicted octanol–water partition coefficient (Wildman–Crippen LogP) is 5.42. The van der Waals surface area contributed by atoms with E-state index in [0.29, 0.717) is 0 Å². The number of hydrogen-bond acceptors (Lipinski definition) is 6. The molecule has 7 heteroatoms. The first-order chi connectivity index (χ1) is 16.4. The standard InChI is InChI=1S/C26H18BN6/c1-2-10-24-23(9-1)32(25-13-11-19(17-30-25)21-7-3-5-15-28-21)27-33(24)26-14-12-20(18-31-26)22-8-4-6-16-29-22/h1-18H. The van der Waals surface area contributed by atoms with Crippen molar-refractivity contribution in [3.63, 3.8) is 0 Å². The molecule has 0 bridgehead atoms. The lowest BCUT2D eigenvalue weighted by molar-refractivity contribution is 1.23. The molecule has 0 spiro atoms. The number of anilines is 4. The second kappa shape index (κ2) is 8.20. The maximum Gasteiger partial charge on any atom is 0.403 e. The normalized spacial score (nSPS) is 12.4. The third kappa shape index (κ3) is 3.59. The summed E-state index contributed by atoms with van der Waals surface area (Å²) in [6.45, 7) is 0. The zero-order valence-corrected chi connectivity index (χ0v) is 17.7. The summed E-state index contributed by atoms with van der Waals surface area (Å²) in [6, 6.07) is 28.1. The number of nitrogens with zero attached hydrogens (tertiary/aromatic N) is 6. The number of aromatic nitrogens is 4. The van der Waals surface area contributed by atoms with E-state index in [4.69, 9.17) is 9.97 Å². The molecule has 0 atom stereocenters. The predicted molar refractivity (Wildman–Crippen MR) is 131 cm³/mol. The zero-order valence-electron chi connectivity index (χ0n) is 17.7. The first-order valence-electron chi connectivity index (χ1n) is 10.6. The molecular weight excluding hydrogens is 407 g/mol. The fourth-order valence-corrected chi connectivity index (χ4v) is 3.90. The molecule has 4 aromatic heterocycles. The Bertz CT molecular complexity index is 1270. The molecule has 33 heavy (non-hydrogen) atoms. The summed E-state index contributed by atoms with van der Waals surface area (Å²) >= 11 is 0. The highest BCUT2D eigenvalue weighted by Crippen LogP contribution is 2.42. The van der Waals surface area contributed by atoms with Gasteiger partial charge in [-0.15, -0.1) is 0 Å². The monoisotopic (exact) mass is 425 g/mol. The molecule has 6 rings (SSSR count). The second-order valence-electron chi connectivity index (χ2n) is 7.58. The van der Waals surface area contributed by atoms with Gasteiger partial charge in [0.2, 0.25) is 0 Å². The van der Waals surface area contributed by atoms with Crippen LogP contribution in [0.1, 0.15) is 0 Å². The Kier molecular flexibility index (Phi) is 4.77. The number of para-hydroxylation sites is 2. The van der Waals surface area contributed by atoms with E-state index in [0.717, 1.165) is 45.5 Å². The van der Waals surface area contributed by atoms with Gasteiger partial charge in [-0.3, -0.25) is 9.97 Å². The molecule has 0 unspecified atom stereocenters. The van der Waals surface area contributed by atoms with Gasteiger partial charge in [0, 0.05) is 35.9 Å². The van der Waals surface area contributed by atoms with Gasteiger partial charge in [-0.05, 0) is 60.7 Å². The molecule has 0 saturated carbocycles. The van der Waals surface area contributed by atoms with Crippen molar-refractivity contribution in [3.05, 3.63) is 110 Å². The molecule has 0 fully saturated rings. The lowest BCUT2D eigenvalue weighted by atomic mass is 10.1. The van der Waals surface area contributed by atoms with Crippen molar-refractivity contribution in [3.8, 4) is 22.5 Å². The number of hydrogen-bond donors (Lipinski definition) is 0. The van der Waals surface area contributed by atoms with Crippen LogP contribution in [0.25, 0.3) is 22.5 Å². The summed E-state index contributed by atoms with van der Waals surface area (Å²) < 4.78 is 0. The highest BCUT2D eigenvalue weighted by atomic mass is 15.3. The molecule has 1 aliphatic rings. The molecule has 5 aromatic rings. The van der Waals surface area contributed by atoms with Crippen LogP contribution < -0.4 is 9.62 Å². The maximum atomic E-state index is 4.72. The third-order valence-electron chi connectivity index (χ3n) is 5.54. The van der Waals surface area contributed by atoms with E-state index in [1.807, 2.05) is 92.7 Å². The minimum atomic E-state index is 0.828. The van der Waals surface area contributed by atoms with Crippen molar-refractivity contribution in [1.29, 1.82) is 0 Å². The van der Waals surface area contributed by atoms with E-state index in [9.17, 15) is 0 Å². The lowest BCUT2D eigenvalue weighted by Gasteiger charge is -2.19. The van der Waals surface area contributed by atoms with E-state index >= 15 is 0 Å². The molecule has 6 nitrogen and oxygen atoms in total. The van der Waals surface area contributed by atoms with Gasteiger partial charge >= 0.3 is 7.55 Å². The third-order valence-corrected chi connectivity index (χ3v) is 5.54. The summed E-state index contributed by atoms with van der Waals surface area (Å²) in [6.07, 6.45) is 7.29. The number of fused-ring (bicyclic) bond motifs is 1. The minimum Gasteiger partial charge on any atom is -0.351 e. The summed E-state index contributed by atoms with van der Waals surface area (Å²) in [4.78, 5) is 22.4. The first kappa shape index (κ1) is 19.2. The van der Waals surface area contributed by atoms with E-state index < -0.39 is 0 Å². The van der Waals surface area contributed by atoms with Gasteiger partial charge in [0.05, 0.1) is 22.8 Å². The van der Waals surface area contributed by atoms with Gasteiger partial charge in [-0.2, -0.15) is 0 Å². The molecule has 1 aromatic carbocycles. The maximum absolute atomic E-state index is 4.72. The Labute approximate surface area is 192 Å². The van der Waals surface area contributed by atoms with Gasteiger partial charge in [0.25, 0.3) is 0 Å². The van der Waals surface area contributed by atoms with Crippen molar-refractivity contribution in [2.75, 3.05) is 9.62 Å². The number of benzene rings is 1. The topological polar surface area (TPSA) is 58.0 Å². The Balaban J connectivity index is 1.31. The molecule has 155 valence electrons. The minimum absolute atomic E-state index is 0.828. The molecule has 0 N–H and O–H groups in total. The smallest absolute Gasteiger partial charge is 0.351 e. The molecular formula is C26H18BN6.